The number of aliphatic hydroxyl groups excluding tert-OH is 1. The van der Waals surface area contributed by atoms with Crippen molar-refractivity contribution in [2.24, 2.45) is 0 Å². The van der Waals surface area contributed by atoms with Gasteiger partial charge in [0.25, 0.3) is 0 Å². The standard InChI is InChI=1S/C14H12F3NO/c15-9-1-4-11(5-2-9)18-8-14(19)12-6-3-10(16)7-13(12)17/h1-7,14,18-19H,8H2. The molecule has 0 radical (unpaired) electrons. The highest BCUT2D eigenvalue weighted by Crippen LogP contribution is 2.19. The SMILES string of the molecule is OC(CNc1ccc(F)cc1)c1ccc(F)cc1F. The van der Waals surface area contributed by atoms with Crippen molar-refractivity contribution in [1.82, 2.24) is 0 Å². The topological polar surface area (TPSA) is 32.3 Å². The molecule has 0 aliphatic carbocycles. The molecule has 2 rings (SSSR count). The van der Waals surface area contributed by atoms with Crippen LogP contribution in [0.25, 0.3) is 0 Å². The highest BCUT2D eigenvalue weighted by molar-refractivity contribution is 5.43. The van der Waals surface area contributed by atoms with Crippen molar-refractivity contribution in [2.75, 3.05) is 11.9 Å². The molecule has 1 unspecified atom stereocenters. The number of hydrogen-bond acceptors (Lipinski definition) is 2. The fourth-order valence-electron chi connectivity index (χ4n) is 1.66. The average Bonchev–Trinajstić information content (AvgIpc) is 2.37. The Bertz CT molecular complexity index is 557. The van der Waals surface area contributed by atoms with Crippen molar-refractivity contribution in [3.05, 3.63) is 65.5 Å². The molecule has 5 heteroatoms. The quantitative estimate of drug-likeness (QED) is 0.891. The normalized spacial score (nSPS) is 12.2. The Morgan fingerprint density at radius 2 is 1.58 bits per heavy atom. The third-order valence-electron chi connectivity index (χ3n) is 2.67. The number of rotatable bonds is 4. The van der Waals surface area contributed by atoms with Gasteiger partial charge in [0.2, 0.25) is 0 Å². The largest absolute Gasteiger partial charge is 0.386 e. The Morgan fingerprint density at radius 1 is 0.947 bits per heavy atom. The van der Waals surface area contributed by atoms with Crippen LogP contribution in [0.1, 0.15) is 11.7 Å². The van der Waals surface area contributed by atoms with Crippen molar-refractivity contribution < 1.29 is 18.3 Å². The summed E-state index contributed by atoms with van der Waals surface area (Å²) >= 11 is 0. The summed E-state index contributed by atoms with van der Waals surface area (Å²) in [5.41, 5.74) is 0.610. The van der Waals surface area contributed by atoms with Gasteiger partial charge in [-0.3, -0.25) is 0 Å². The minimum Gasteiger partial charge on any atom is -0.386 e. The predicted molar refractivity (Wildman–Crippen MR) is 66.2 cm³/mol. The van der Waals surface area contributed by atoms with E-state index >= 15 is 0 Å². The first-order valence-electron chi connectivity index (χ1n) is 5.69. The molecule has 0 spiro atoms. The molecule has 0 bridgehead atoms. The van der Waals surface area contributed by atoms with E-state index in [1.807, 2.05) is 0 Å². The molecule has 0 saturated carbocycles. The summed E-state index contributed by atoms with van der Waals surface area (Å²) in [6.07, 6.45) is -1.12. The monoisotopic (exact) mass is 267 g/mol. The van der Waals surface area contributed by atoms with E-state index in [9.17, 15) is 18.3 Å². The summed E-state index contributed by atoms with van der Waals surface area (Å²) < 4.78 is 38.8. The summed E-state index contributed by atoms with van der Waals surface area (Å²) in [4.78, 5) is 0. The van der Waals surface area contributed by atoms with E-state index in [4.69, 9.17) is 0 Å². The maximum Gasteiger partial charge on any atom is 0.131 e. The number of hydrogen-bond donors (Lipinski definition) is 2. The van der Waals surface area contributed by atoms with Gasteiger partial charge in [0.15, 0.2) is 0 Å². The van der Waals surface area contributed by atoms with Gasteiger partial charge in [-0.25, -0.2) is 13.2 Å². The molecule has 0 fully saturated rings. The van der Waals surface area contributed by atoms with Gasteiger partial charge in [-0.05, 0) is 30.3 Å². The predicted octanol–water partition coefficient (Wildman–Crippen LogP) is 3.25. The van der Waals surface area contributed by atoms with E-state index in [2.05, 4.69) is 5.32 Å². The third kappa shape index (κ3) is 3.48. The number of halogens is 3. The molecular formula is C14H12F3NO. The zero-order valence-corrected chi connectivity index (χ0v) is 9.91. The number of nitrogens with one attached hydrogen (secondary N) is 1. The minimum absolute atomic E-state index is 0.0102. The summed E-state index contributed by atoms with van der Waals surface area (Å²) in [5.74, 6) is -1.86. The average molecular weight is 267 g/mol. The minimum atomic E-state index is -1.12. The van der Waals surface area contributed by atoms with E-state index in [-0.39, 0.29) is 17.9 Å². The Morgan fingerprint density at radius 3 is 2.21 bits per heavy atom. The zero-order valence-electron chi connectivity index (χ0n) is 9.91. The summed E-state index contributed by atoms with van der Waals surface area (Å²) in [6.45, 7) is 0.0359. The molecule has 0 saturated heterocycles. The molecule has 0 aliphatic rings. The first kappa shape index (κ1) is 13.4. The Hall–Kier alpha value is -2.01. The van der Waals surface area contributed by atoms with Gasteiger partial charge in [0.1, 0.15) is 17.5 Å². The first-order valence-corrected chi connectivity index (χ1v) is 5.69. The molecule has 100 valence electrons. The number of anilines is 1. The Kier molecular flexibility index (Phi) is 4.06. The van der Waals surface area contributed by atoms with Crippen molar-refractivity contribution in [3.8, 4) is 0 Å². The lowest BCUT2D eigenvalue weighted by Gasteiger charge is -2.14. The van der Waals surface area contributed by atoms with Gasteiger partial charge in [-0.2, -0.15) is 0 Å². The van der Waals surface area contributed by atoms with Crippen LogP contribution in [0, 0.1) is 17.5 Å². The van der Waals surface area contributed by atoms with Gasteiger partial charge in [-0.15, -0.1) is 0 Å². The molecule has 0 aliphatic heterocycles. The summed E-state index contributed by atoms with van der Waals surface area (Å²) in [5, 5.41) is 12.6. The van der Waals surface area contributed by atoms with Crippen molar-refractivity contribution in [3.63, 3.8) is 0 Å². The lowest BCUT2D eigenvalue weighted by molar-refractivity contribution is 0.186. The molecule has 0 amide bonds. The molecule has 0 heterocycles. The smallest absolute Gasteiger partial charge is 0.131 e. The van der Waals surface area contributed by atoms with Gasteiger partial charge >= 0.3 is 0 Å². The van der Waals surface area contributed by atoms with Gasteiger partial charge in [0.05, 0.1) is 6.10 Å². The lowest BCUT2D eigenvalue weighted by Crippen LogP contribution is -2.13. The van der Waals surface area contributed by atoms with Crippen LogP contribution < -0.4 is 5.32 Å². The number of benzene rings is 2. The van der Waals surface area contributed by atoms with Crippen LogP contribution in [-0.4, -0.2) is 11.7 Å². The van der Waals surface area contributed by atoms with Gasteiger partial charge in [-0.1, -0.05) is 6.07 Å². The third-order valence-corrected chi connectivity index (χ3v) is 2.67. The molecule has 19 heavy (non-hydrogen) atoms. The molecule has 2 aromatic rings. The second-order valence-electron chi connectivity index (χ2n) is 4.07. The lowest BCUT2D eigenvalue weighted by atomic mass is 10.1. The van der Waals surface area contributed by atoms with Gasteiger partial charge in [0, 0.05) is 23.9 Å². The maximum absolute atomic E-state index is 13.4. The van der Waals surface area contributed by atoms with E-state index in [0.717, 1.165) is 12.1 Å². The van der Waals surface area contributed by atoms with Crippen molar-refractivity contribution in [2.45, 2.75) is 6.10 Å². The second kappa shape index (κ2) is 5.75. The summed E-state index contributed by atoms with van der Waals surface area (Å²) in [6, 6.07) is 8.55. The van der Waals surface area contributed by atoms with E-state index in [1.165, 1.54) is 30.3 Å². The Labute approximate surface area is 108 Å². The van der Waals surface area contributed by atoms with Crippen molar-refractivity contribution in [1.29, 1.82) is 0 Å². The first-order chi connectivity index (χ1) is 9.06. The highest BCUT2D eigenvalue weighted by Gasteiger charge is 2.13. The van der Waals surface area contributed by atoms with Crippen LogP contribution in [0.3, 0.4) is 0 Å². The maximum atomic E-state index is 13.4. The molecule has 0 aromatic heterocycles. The fraction of sp³-hybridized carbons (Fsp3) is 0.143. The Balaban J connectivity index is 2.01. The van der Waals surface area contributed by atoms with Crippen LogP contribution in [0.4, 0.5) is 18.9 Å². The van der Waals surface area contributed by atoms with E-state index < -0.39 is 17.7 Å². The molecule has 1 atom stereocenters. The van der Waals surface area contributed by atoms with Crippen LogP contribution >= 0.6 is 0 Å². The summed E-state index contributed by atoms with van der Waals surface area (Å²) in [7, 11) is 0. The van der Waals surface area contributed by atoms with Gasteiger partial charge < -0.3 is 10.4 Å². The molecule has 2 nitrogen and oxygen atoms in total. The van der Waals surface area contributed by atoms with Crippen LogP contribution in [0.15, 0.2) is 42.5 Å². The highest BCUT2D eigenvalue weighted by atomic mass is 19.1. The number of aliphatic hydroxyl groups is 1. The van der Waals surface area contributed by atoms with Crippen LogP contribution in [0.5, 0.6) is 0 Å². The molecule has 2 aromatic carbocycles. The fourth-order valence-corrected chi connectivity index (χ4v) is 1.66. The van der Waals surface area contributed by atoms with Crippen LogP contribution in [-0.2, 0) is 0 Å². The van der Waals surface area contributed by atoms with E-state index in [1.54, 1.807) is 0 Å². The molecular weight excluding hydrogens is 255 g/mol. The zero-order chi connectivity index (χ0) is 13.8. The van der Waals surface area contributed by atoms with Crippen molar-refractivity contribution >= 4 is 5.69 Å². The van der Waals surface area contributed by atoms with E-state index in [0.29, 0.717) is 5.69 Å². The second-order valence-corrected chi connectivity index (χ2v) is 4.07. The molecule has 2 N–H and O–H groups in total. The van der Waals surface area contributed by atoms with Crippen LogP contribution in [0.2, 0.25) is 0 Å².